The van der Waals surface area contributed by atoms with E-state index in [-0.39, 0.29) is 7.92 Å². The maximum Gasteiger partial charge on any atom is -0.00898 e. The minimum atomic E-state index is 0.248. The Morgan fingerprint density at radius 2 is 1.80 bits per heavy atom. The van der Waals surface area contributed by atoms with Gasteiger partial charge in [-0.2, -0.15) is 0 Å². The van der Waals surface area contributed by atoms with Crippen molar-refractivity contribution in [3.8, 4) is 0 Å². The number of hydrogen-bond donors (Lipinski definition) is 0. The summed E-state index contributed by atoms with van der Waals surface area (Å²) in [5, 5.41) is 1.40. The van der Waals surface area contributed by atoms with E-state index in [1.807, 2.05) is 0 Å². The first-order valence-electron chi connectivity index (χ1n) is 6.78. The van der Waals surface area contributed by atoms with Crippen molar-refractivity contribution in [2.24, 2.45) is 5.92 Å². The molecule has 1 saturated heterocycles. The third kappa shape index (κ3) is 1.88. The molecular weight excluding hydrogens is 199 g/mol. The first-order valence-corrected chi connectivity index (χ1v) is 8.31. The Morgan fingerprint density at radius 3 is 2.47 bits per heavy atom. The van der Waals surface area contributed by atoms with Gasteiger partial charge in [0.1, 0.15) is 0 Å². The lowest BCUT2D eigenvalue weighted by atomic mass is 9.75. The summed E-state index contributed by atoms with van der Waals surface area (Å²) in [5.74, 6) is 1.07. The van der Waals surface area contributed by atoms with E-state index in [9.17, 15) is 0 Å². The first kappa shape index (κ1) is 11.9. The summed E-state index contributed by atoms with van der Waals surface area (Å²) < 4.78 is 0. The molecule has 2 fully saturated rings. The molecule has 0 N–H and O–H groups in total. The maximum absolute atomic E-state index is 2.63. The van der Waals surface area contributed by atoms with Gasteiger partial charge >= 0.3 is 0 Å². The molecular formula is C14H27P. The molecule has 2 aliphatic rings. The van der Waals surface area contributed by atoms with Gasteiger partial charge in [0, 0.05) is 0 Å². The van der Waals surface area contributed by atoms with Crippen LogP contribution in [0, 0.1) is 5.92 Å². The summed E-state index contributed by atoms with van der Waals surface area (Å²) in [5.41, 5.74) is 0. The van der Waals surface area contributed by atoms with Crippen LogP contribution in [-0.4, -0.2) is 16.5 Å². The molecule has 2 rings (SSSR count). The third-order valence-electron chi connectivity index (χ3n) is 5.13. The number of hydrogen-bond acceptors (Lipinski definition) is 0. The Bertz CT molecular complexity index is 233. The predicted octanol–water partition coefficient (Wildman–Crippen LogP) is 5.01. The van der Waals surface area contributed by atoms with Gasteiger partial charge in [0.15, 0.2) is 0 Å². The second kappa shape index (κ2) is 4.02. The van der Waals surface area contributed by atoms with E-state index in [1.165, 1.54) is 44.7 Å². The second-order valence-corrected chi connectivity index (χ2v) is 10.1. The Labute approximate surface area is 97.0 Å². The van der Waals surface area contributed by atoms with Crippen LogP contribution in [-0.2, 0) is 0 Å². The maximum atomic E-state index is 2.63. The topological polar surface area (TPSA) is 0 Å². The summed E-state index contributed by atoms with van der Waals surface area (Å²) in [4.78, 5) is 0. The molecule has 0 nitrogen and oxygen atoms in total. The predicted molar refractivity (Wildman–Crippen MR) is 71.1 cm³/mol. The van der Waals surface area contributed by atoms with Crippen molar-refractivity contribution in [2.75, 3.05) is 6.16 Å². The first-order chi connectivity index (χ1) is 7.00. The summed E-state index contributed by atoms with van der Waals surface area (Å²) in [6.07, 6.45) is 10.5. The second-order valence-electron chi connectivity index (χ2n) is 6.40. The third-order valence-corrected chi connectivity index (χ3v) is 9.27. The van der Waals surface area contributed by atoms with Gasteiger partial charge in [-0.1, -0.05) is 48.5 Å². The minimum absolute atomic E-state index is 0.248. The summed E-state index contributed by atoms with van der Waals surface area (Å²) in [6.45, 7) is 10.2. The summed E-state index contributed by atoms with van der Waals surface area (Å²) >= 11 is 0. The Hall–Kier alpha value is 0.430. The number of rotatable bonds is 1. The van der Waals surface area contributed by atoms with E-state index < -0.39 is 0 Å². The van der Waals surface area contributed by atoms with E-state index in [0.29, 0.717) is 5.16 Å². The quantitative estimate of drug-likeness (QED) is 0.551. The highest BCUT2D eigenvalue weighted by Gasteiger charge is 2.50. The van der Waals surface area contributed by atoms with Crippen molar-refractivity contribution in [2.45, 2.75) is 76.5 Å². The lowest BCUT2D eigenvalue weighted by molar-refractivity contribution is 0.236. The molecule has 0 aromatic carbocycles. The lowest BCUT2D eigenvalue weighted by Crippen LogP contribution is -2.46. The van der Waals surface area contributed by atoms with Crippen LogP contribution >= 0.6 is 7.92 Å². The fraction of sp³-hybridized carbons (Fsp3) is 1.00. The van der Waals surface area contributed by atoms with E-state index >= 15 is 0 Å². The zero-order valence-corrected chi connectivity index (χ0v) is 11.9. The molecule has 1 aliphatic carbocycles. The minimum Gasteiger partial charge on any atom is -0.0948 e. The van der Waals surface area contributed by atoms with Crippen molar-refractivity contribution < 1.29 is 0 Å². The molecule has 0 aromatic rings. The van der Waals surface area contributed by atoms with Gasteiger partial charge < -0.3 is 0 Å². The highest BCUT2D eigenvalue weighted by molar-refractivity contribution is 7.61. The monoisotopic (exact) mass is 226 g/mol. The molecule has 1 saturated carbocycles. The van der Waals surface area contributed by atoms with Gasteiger partial charge in [-0.25, -0.2) is 0 Å². The van der Waals surface area contributed by atoms with Crippen molar-refractivity contribution in [1.82, 2.24) is 0 Å². The van der Waals surface area contributed by atoms with Crippen molar-refractivity contribution in [1.29, 1.82) is 0 Å². The van der Waals surface area contributed by atoms with Crippen LogP contribution in [0.25, 0.3) is 0 Å². The molecule has 0 bridgehead atoms. The molecule has 0 spiro atoms. The van der Waals surface area contributed by atoms with Crippen LogP contribution in [0.1, 0.15) is 66.2 Å². The summed E-state index contributed by atoms with van der Waals surface area (Å²) in [7, 11) is 0.248. The van der Waals surface area contributed by atoms with Gasteiger partial charge in [-0.15, -0.1) is 0 Å². The highest BCUT2D eigenvalue weighted by Crippen LogP contribution is 2.70. The van der Waals surface area contributed by atoms with Crippen LogP contribution in [0.4, 0.5) is 0 Å². The molecule has 15 heavy (non-hydrogen) atoms. The lowest BCUT2D eigenvalue weighted by Gasteiger charge is -2.57. The average Bonchev–Trinajstić information content (AvgIpc) is 2.16. The van der Waals surface area contributed by atoms with Crippen molar-refractivity contribution >= 4 is 7.92 Å². The van der Waals surface area contributed by atoms with Gasteiger partial charge in [-0.05, 0) is 48.1 Å². The van der Waals surface area contributed by atoms with Crippen LogP contribution in [0.15, 0.2) is 0 Å². The van der Waals surface area contributed by atoms with E-state index in [0.717, 1.165) is 11.1 Å². The fourth-order valence-corrected chi connectivity index (χ4v) is 8.83. The molecule has 88 valence electrons. The van der Waals surface area contributed by atoms with Gasteiger partial charge in [0.25, 0.3) is 0 Å². The molecule has 3 unspecified atom stereocenters. The standard InChI is InChI=1S/C14H27P/c1-5-15-13(2,3)11-9-12-8-6-7-10-14(12,15)4/h12H,5-11H2,1-4H3. The molecule has 1 heterocycles. The van der Waals surface area contributed by atoms with E-state index in [1.54, 1.807) is 0 Å². The van der Waals surface area contributed by atoms with E-state index in [4.69, 9.17) is 0 Å². The summed E-state index contributed by atoms with van der Waals surface area (Å²) in [6, 6.07) is 0. The molecule has 0 aromatic heterocycles. The van der Waals surface area contributed by atoms with Crippen molar-refractivity contribution in [3.63, 3.8) is 0 Å². The average molecular weight is 226 g/mol. The Balaban J connectivity index is 2.26. The largest absolute Gasteiger partial charge is 0.0948 e. The SMILES string of the molecule is CCP1C(C)(C)CCC2CCCCC21C. The smallest absolute Gasteiger partial charge is 0.00898 e. The molecule has 1 heteroatoms. The van der Waals surface area contributed by atoms with Crippen molar-refractivity contribution in [3.05, 3.63) is 0 Å². The zero-order chi connectivity index (χ0) is 11.1. The normalized spacial score (nSPS) is 44.8. The Kier molecular flexibility index (Phi) is 3.19. The molecule has 1 aliphatic heterocycles. The molecule has 3 atom stereocenters. The van der Waals surface area contributed by atoms with Crippen LogP contribution in [0.3, 0.4) is 0 Å². The Morgan fingerprint density at radius 1 is 1.07 bits per heavy atom. The van der Waals surface area contributed by atoms with Gasteiger partial charge in [0.05, 0.1) is 0 Å². The van der Waals surface area contributed by atoms with Crippen LogP contribution < -0.4 is 0 Å². The number of fused-ring (bicyclic) bond motifs is 1. The zero-order valence-electron chi connectivity index (χ0n) is 11.0. The molecule has 0 radical (unpaired) electrons. The van der Waals surface area contributed by atoms with Crippen LogP contribution in [0.2, 0.25) is 0 Å². The highest BCUT2D eigenvalue weighted by atomic mass is 31.1. The van der Waals surface area contributed by atoms with Gasteiger partial charge in [-0.3, -0.25) is 0 Å². The fourth-order valence-electron chi connectivity index (χ4n) is 4.34. The van der Waals surface area contributed by atoms with Gasteiger partial charge in [0.2, 0.25) is 0 Å². The van der Waals surface area contributed by atoms with Crippen LogP contribution in [0.5, 0.6) is 0 Å². The molecule has 0 amide bonds. The van der Waals surface area contributed by atoms with E-state index in [2.05, 4.69) is 27.7 Å².